The molecule has 0 saturated carbocycles. The quantitative estimate of drug-likeness (QED) is 0.926. The monoisotopic (exact) mass is 299 g/mol. The topological polar surface area (TPSA) is 40.5 Å². The predicted octanol–water partition coefficient (Wildman–Crippen LogP) is 2.22. The molecule has 1 amide bonds. The smallest absolute Gasteiger partial charge is 0.253 e. The van der Waals surface area contributed by atoms with Crippen molar-refractivity contribution in [3.63, 3.8) is 0 Å². The Labute approximate surface area is 111 Å². The molecule has 1 rings (SSSR count). The Hall–Kier alpha value is -0.870. The van der Waals surface area contributed by atoms with Crippen molar-refractivity contribution in [1.82, 2.24) is 4.90 Å². The van der Waals surface area contributed by atoms with Crippen LogP contribution in [0.25, 0.3) is 0 Å². The molecule has 1 N–H and O–H groups in total. The second-order valence-electron chi connectivity index (χ2n) is 4.63. The van der Waals surface area contributed by atoms with Crippen molar-refractivity contribution in [3.05, 3.63) is 34.3 Å². The minimum absolute atomic E-state index is 0.260. The lowest BCUT2D eigenvalue weighted by Gasteiger charge is -2.25. The van der Waals surface area contributed by atoms with E-state index >= 15 is 0 Å². The summed E-state index contributed by atoms with van der Waals surface area (Å²) < 4.78 is 1.05. The molecule has 0 unspecified atom stereocenters. The van der Waals surface area contributed by atoms with Crippen LogP contribution in [0.1, 0.15) is 19.4 Å². The van der Waals surface area contributed by atoms with Gasteiger partial charge in [-0.25, -0.2) is 0 Å². The van der Waals surface area contributed by atoms with Crippen LogP contribution in [0.4, 0.5) is 0 Å². The van der Waals surface area contributed by atoms with Crippen LogP contribution in [0.15, 0.2) is 28.7 Å². The zero-order valence-corrected chi connectivity index (χ0v) is 12.0. The third-order valence-electron chi connectivity index (χ3n) is 2.54. The Morgan fingerprint density at radius 3 is 2.53 bits per heavy atom. The summed E-state index contributed by atoms with van der Waals surface area (Å²) in [5.41, 5.74) is -0.147. The molecule has 0 heterocycles. The molecule has 0 saturated heterocycles. The van der Waals surface area contributed by atoms with E-state index in [1.165, 1.54) is 13.8 Å². The van der Waals surface area contributed by atoms with Crippen LogP contribution in [0.2, 0.25) is 0 Å². The minimum Gasteiger partial charge on any atom is -0.381 e. The van der Waals surface area contributed by atoms with Crippen LogP contribution in [-0.2, 0) is 11.2 Å². The van der Waals surface area contributed by atoms with Crippen molar-refractivity contribution in [2.24, 2.45) is 0 Å². The Bertz CT molecular complexity index is 399. The first-order chi connectivity index (χ1) is 7.82. The van der Waals surface area contributed by atoms with E-state index in [4.69, 9.17) is 0 Å². The number of likely N-dealkylation sites (N-methyl/N-ethyl adjacent to an activating group) is 1. The number of carbonyl (C=O) groups excluding carboxylic acids is 1. The van der Waals surface area contributed by atoms with E-state index in [-0.39, 0.29) is 5.91 Å². The number of benzene rings is 1. The van der Waals surface area contributed by atoms with Gasteiger partial charge in [0.05, 0.1) is 0 Å². The van der Waals surface area contributed by atoms with E-state index < -0.39 is 5.60 Å². The summed E-state index contributed by atoms with van der Waals surface area (Å²) in [5.74, 6) is -0.260. The molecule has 0 fully saturated rings. The fourth-order valence-electron chi connectivity index (χ4n) is 1.56. The van der Waals surface area contributed by atoms with Crippen LogP contribution >= 0.6 is 15.9 Å². The van der Waals surface area contributed by atoms with Crippen LogP contribution in [0.3, 0.4) is 0 Å². The first kappa shape index (κ1) is 14.2. The molecule has 0 bridgehead atoms. The summed E-state index contributed by atoms with van der Waals surface area (Å²) in [6, 6.07) is 7.93. The number of carbonyl (C=O) groups is 1. The lowest BCUT2D eigenvalue weighted by atomic mass is 10.1. The average molecular weight is 300 g/mol. The van der Waals surface area contributed by atoms with Gasteiger partial charge in [-0.3, -0.25) is 4.79 Å². The summed E-state index contributed by atoms with van der Waals surface area (Å²) in [6.07, 6.45) is 0.764. The van der Waals surface area contributed by atoms with Gasteiger partial charge in [0.25, 0.3) is 5.91 Å². The summed E-state index contributed by atoms with van der Waals surface area (Å²) in [5, 5.41) is 9.61. The molecule has 0 aliphatic rings. The molecular weight excluding hydrogens is 282 g/mol. The molecule has 0 atom stereocenters. The maximum atomic E-state index is 11.7. The van der Waals surface area contributed by atoms with E-state index in [1.54, 1.807) is 11.9 Å². The predicted molar refractivity (Wildman–Crippen MR) is 71.8 cm³/mol. The van der Waals surface area contributed by atoms with Gasteiger partial charge in [0.15, 0.2) is 0 Å². The number of aliphatic hydroxyl groups is 1. The van der Waals surface area contributed by atoms with Crippen LogP contribution in [0, 0.1) is 0 Å². The van der Waals surface area contributed by atoms with Crippen LogP contribution in [-0.4, -0.2) is 35.1 Å². The van der Waals surface area contributed by atoms with E-state index in [9.17, 15) is 9.90 Å². The van der Waals surface area contributed by atoms with Crippen LogP contribution in [0.5, 0.6) is 0 Å². The maximum absolute atomic E-state index is 11.7. The Morgan fingerprint density at radius 2 is 2.00 bits per heavy atom. The first-order valence-electron chi connectivity index (χ1n) is 5.53. The Balaban J connectivity index is 2.58. The lowest BCUT2D eigenvalue weighted by molar-refractivity contribution is -0.146. The number of amides is 1. The molecule has 17 heavy (non-hydrogen) atoms. The third kappa shape index (κ3) is 4.13. The molecule has 0 aliphatic carbocycles. The lowest BCUT2D eigenvalue weighted by Crippen LogP contribution is -2.43. The molecule has 4 heteroatoms. The van der Waals surface area contributed by atoms with Crippen molar-refractivity contribution < 1.29 is 9.90 Å². The van der Waals surface area contributed by atoms with Gasteiger partial charge in [-0.2, -0.15) is 0 Å². The molecular formula is C13H18BrNO2. The van der Waals surface area contributed by atoms with Gasteiger partial charge in [0, 0.05) is 18.1 Å². The largest absolute Gasteiger partial charge is 0.381 e. The van der Waals surface area contributed by atoms with Crippen molar-refractivity contribution in [3.8, 4) is 0 Å². The fraction of sp³-hybridized carbons (Fsp3) is 0.462. The van der Waals surface area contributed by atoms with Gasteiger partial charge in [0.1, 0.15) is 5.60 Å². The molecule has 1 aromatic carbocycles. The second-order valence-corrected chi connectivity index (χ2v) is 5.48. The van der Waals surface area contributed by atoms with E-state index in [2.05, 4.69) is 15.9 Å². The Kier molecular flexibility index (Phi) is 4.71. The molecule has 0 aromatic heterocycles. The second kappa shape index (κ2) is 5.65. The highest BCUT2D eigenvalue weighted by atomic mass is 79.9. The molecule has 3 nitrogen and oxygen atoms in total. The number of halogens is 1. The molecule has 0 spiro atoms. The van der Waals surface area contributed by atoms with Gasteiger partial charge in [0.2, 0.25) is 0 Å². The van der Waals surface area contributed by atoms with Crippen LogP contribution < -0.4 is 0 Å². The van der Waals surface area contributed by atoms with E-state index in [0.717, 1.165) is 16.5 Å². The third-order valence-corrected chi connectivity index (χ3v) is 3.32. The molecule has 0 radical (unpaired) electrons. The average Bonchev–Trinajstić information content (AvgIpc) is 2.25. The minimum atomic E-state index is -1.30. The van der Waals surface area contributed by atoms with Gasteiger partial charge in [-0.05, 0) is 31.9 Å². The van der Waals surface area contributed by atoms with Gasteiger partial charge in [-0.1, -0.05) is 34.1 Å². The zero-order chi connectivity index (χ0) is 13.1. The normalized spacial score (nSPS) is 11.4. The highest BCUT2D eigenvalue weighted by Crippen LogP contribution is 2.17. The molecule has 0 aliphatic heterocycles. The molecule has 94 valence electrons. The number of hydrogen-bond acceptors (Lipinski definition) is 2. The fourth-order valence-corrected chi connectivity index (χ4v) is 2.04. The molecule has 1 aromatic rings. The highest BCUT2D eigenvalue weighted by molar-refractivity contribution is 9.10. The van der Waals surface area contributed by atoms with Gasteiger partial charge in [-0.15, -0.1) is 0 Å². The maximum Gasteiger partial charge on any atom is 0.253 e. The van der Waals surface area contributed by atoms with Gasteiger partial charge < -0.3 is 10.0 Å². The Morgan fingerprint density at radius 1 is 1.41 bits per heavy atom. The number of rotatable bonds is 4. The summed E-state index contributed by atoms with van der Waals surface area (Å²) in [7, 11) is 1.71. The van der Waals surface area contributed by atoms with E-state index in [1.807, 2.05) is 24.3 Å². The standard InChI is InChI=1S/C13H18BrNO2/c1-13(2,17)12(16)15(3)9-8-10-6-4-5-7-11(10)14/h4-7,17H,8-9H2,1-3H3. The van der Waals surface area contributed by atoms with Crippen molar-refractivity contribution in [1.29, 1.82) is 0 Å². The highest BCUT2D eigenvalue weighted by Gasteiger charge is 2.26. The zero-order valence-electron chi connectivity index (χ0n) is 10.4. The summed E-state index contributed by atoms with van der Waals surface area (Å²) in [4.78, 5) is 13.3. The first-order valence-corrected chi connectivity index (χ1v) is 6.33. The van der Waals surface area contributed by atoms with Gasteiger partial charge >= 0.3 is 0 Å². The van der Waals surface area contributed by atoms with Crippen molar-refractivity contribution in [2.75, 3.05) is 13.6 Å². The summed E-state index contributed by atoms with van der Waals surface area (Å²) >= 11 is 3.47. The number of hydrogen-bond donors (Lipinski definition) is 1. The van der Waals surface area contributed by atoms with E-state index in [0.29, 0.717) is 6.54 Å². The van der Waals surface area contributed by atoms with Crippen molar-refractivity contribution in [2.45, 2.75) is 25.9 Å². The van der Waals surface area contributed by atoms with Crippen molar-refractivity contribution >= 4 is 21.8 Å². The number of nitrogens with zero attached hydrogens (tertiary/aromatic N) is 1. The summed E-state index contributed by atoms with van der Waals surface area (Å²) in [6.45, 7) is 3.60. The SMILES string of the molecule is CN(CCc1ccccc1Br)C(=O)C(C)(C)O.